The maximum absolute atomic E-state index is 11.9. The number of ether oxygens (including phenoxy) is 1. The summed E-state index contributed by atoms with van der Waals surface area (Å²) in [6, 6.07) is 4.56. The molecule has 0 saturated carbocycles. The van der Waals surface area contributed by atoms with E-state index in [1.807, 2.05) is 0 Å². The molecule has 0 aromatic heterocycles. The molecule has 120 valence electrons. The Labute approximate surface area is 130 Å². The van der Waals surface area contributed by atoms with Gasteiger partial charge in [0.15, 0.2) is 0 Å². The number of sulfonamides is 2. The van der Waals surface area contributed by atoms with Gasteiger partial charge in [-0.05, 0) is 18.2 Å². The van der Waals surface area contributed by atoms with Gasteiger partial charge in [-0.2, -0.15) is 0 Å². The molecule has 0 atom stereocenters. The molecule has 21 heavy (non-hydrogen) atoms. The van der Waals surface area contributed by atoms with Crippen LogP contribution in [-0.4, -0.2) is 49.5 Å². The fourth-order valence-electron chi connectivity index (χ4n) is 1.66. The Morgan fingerprint density at radius 1 is 1.24 bits per heavy atom. The van der Waals surface area contributed by atoms with Gasteiger partial charge in [0, 0.05) is 18.1 Å². The molecule has 0 heterocycles. The highest BCUT2D eigenvalue weighted by Gasteiger charge is 2.21. The van der Waals surface area contributed by atoms with Crippen LogP contribution >= 0.6 is 11.6 Å². The van der Waals surface area contributed by atoms with E-state index >= 15 is 0 Å². The van der Waals surface area contributed by atoms with Gasteiger partial charge >= 0.3 is 0 Å². The number of anilines is 1. The molecule has 1 aromatic carbocycles. The average Bonchev–Trinajstić information content (AvgIpc) is 2.32. The Hall–Kier alpha value is -1.03. The van der Waals surface area contributed by atoms with E-state index in [4.69, 9.17) is 16.3 Å². The lowest BCUT2D eigenvalue weighted by Gasteiger charge is -2.24. The smallest absolute Gasteiger partial charge is 0.232 e. The third-order valence-corrected chi connectivity index (χ3v) is 4.63. The van der Waals surface area contributed by atoms with Crippen molar-refractivity contribution < 1.29 is 21.6 Å². The maximum atomic E-state index is 11.9. The van der Waals surface area contributed by atoms with Gasteiger partial charge in [-0.15, -0.1) is 0 Å². The molecule has 1 aromatic rings. The molecule has 0 aliphatic heterocycles. The summed E-state index contributed by atoms with van der Waals surface area (Å²) in [6.07, 6.45) is 2.02. The fraction of sp³-hybridized carbons (Fsp3) is 0.455. The number of hydrogen-bond donors (Lipinski definition) is 1. The lowest BCUT2D eigenvalue weighted by atomic mass is 10.3. The first kappa shape index (κ1) is 18.0. The van der Waals surface area contributed by atoms with Gasteiger partial charge in [0.1, 0.15) is 5.75 Å². The van der Waals surface area contributed by atoms with E-state index in [2.05, 4.69) is 4.72 Å². The Kier molecular flexibility index (Phi) is 5.85. The van der Waals surface area contributed by atoms with Crippen LogP contribution in [0.15, 0.2) is 18.2 Å². The topological polar surface area (TPSA) is 92.8 Å². The minimum Gasteiger partial charge on any atom is -0.495 e. The zero-order chi connectivity index (χ0) is 16.3. The molecule has 0 amide bonds. The molecule has 0 bridgehead atoms. The van der Waals surface area contributed by atoms with Crippen molar-refractivity contribution in [3.05, 3.63) is 23.2 Å². The van der Waals surface area contributed by atoms with Crippen LogP contribution in [-0.2, 0) is 20.0 Å². The Bertz CT molecular complexity index is 703. The average molecular weight is 357 g/mol. The minimum atomic E-state index is -3.63. The summed E-state index contributed by atoms with van der Waals surface area (Å²) in [5.41, 5.74) is 0.253. The molecule has 0 spiro atoms. The Morgan fingerprint density at radius 2 is 1.86 bits per heavy atom. The minimum absolute atomic E-state index is 0.0679. The lowest BCUT2D eigenvalue weighted by molar-refractivity contribution is 0.415. The second kappa shape index (κ2) is 6.82. The zero-order valence-electron chi connectivity index (χ0n) is 11.8. The van der Waals surface area contributed by atoms with Crippen LogP contribution in [0, 0.1) is 0 Å². The molecule has 10 heteroatoms. The van der Waals surface area contributed by atoms with Crippen LogP contribution in [0.25, 0.3) is 0 Å². The van der Waals surface area contributed by atoms with Crippen molar-refractivity contribution in [2.45, 2.75) is 0 Å². The standard InChI is InChI=1S/C11H17ClN2O5S2/c1-19-11-5-4-9(12)8-10(11)14(21(3,17)18)7-6-13-20(2,15)16/h4-5,8,13H,6-7H2,1-3H3. The van der Waals surface area contributed by atoms with Crippen LogP contribution in [0.3, 0.4) is 0 Å². The third-order valence-electron chi connectivity index (χ3n) is 2.49. The van der Waals surface area contributed by atoms with E-state index < -0.39 is 20.0 Å². The van der Waals surface area contributed by atoms with E-state index in [0.717, 1.165) is 16.8 Å². The second-order valence-electron chi connectivity index (χ2n) is 4.32. The predicted octanol–water partition coefficient (Wildman–Crippen LogP) is 0.664. The number of benzene rings is 1. The largest absolute Gasteiger partial charge is 0.495 e. The molecule has 0 unspecified atom stereocenters. The molecule has 0 saturated heterocycles. The number of rotatable bonds is 7. The lowest BCUT2D eigenvalue weighted by Crippen LogP contribution is -2.38. The van der Waals surface area contributed by atoms with Crippen molar-refractivity contribution in [2.75, 3.05) is 37.0 Å². The Balaban J connectivity index is 3.12. The fourth-order valence-corrected chi connectivity index (χ4v) is 3.21. The van der Waals surface area contributed by atoms with Gasteiger partial charge in [0.05, 0.1) is 25.3 Å². The van der Waals surface area contributed by atoms with E-state index in [9.17, 15) is 16.8 Å². The van der Waals surface area contributed by atoms with Gasteiger partial charge in [0.2, 0.25) is 20.0 Å². The van der Waals surface area contributed by atoms with Crippen LogP contribution in [0.5, 0.6) is 5.75 Å². The SMILES string of the molecule is COc1ccc(Cl)cc1N(CCNS(C)(=O)=O)S(C)(=O)=O. The van der Waals surface area contributed by atoms with Crippen molar-refractivity contribution in [2.24, 2.45) is 0 Å². The van der Waals surface area contributed by atoms with Crippen molar-refractivity contribution in [3.63, 3.8) is 0 Å². The van der Waals surface area contributed by atoms with E-state index in [-0.39, 0.29) is 18.8 Å². The quantitative estimate of drug-likeness (QED) is 0.774. The van der Waals surface area contributed by atoms with Gasteiger partial charge in [-0.3, -0.25) is 4.31 Å². The Morgan fingerprint density at radius 3 is 2.33 bits per heavy atom. The molecular weight excluding hydrogens is 340 g/mol. The van der Waals surface area contributed by atoms with Gasteiger partial charge in [-0.1, -0.05) is 11.6 Å². The normalized spacial score (nSPS) is 12.2. The maximum Gasteiger partial charge on any atom is 0.232 e. The van der Waals surface area contributed by atoms with Crippen LogP contribution in [0.1, 0.15) is 0 Å². The molecule has 0 aliphatic rings. The highest BCUT2D eigenvalue weighted by Crippen LogP contribution is 2.32. The van der Waals surface area contributed by atoms with Gasteiger partial charge in [-0.25, -0.2) is 21.6 Å². The van der Waals surface area contributed by atoms with Gasteiger partial charge < -0.3 is 4.74 Å². The summed E-state index contributed by atoms with van der Waals surface area (Å²) in [5, 5.41) is 0.343. The van der Waals surface area contributed by atoms with Crippen molar-refractivity contribution >= 4 is 37.3 Å². The van der Waals surface area contributed by atoms with Crippen LogP contribution in [0.4, 0.5) is 5.69 Å². The summed E-state index contributed by atoms with van der Waals surface area (Å²) < 4.78 is 54.3. The zero-order valence-corrected chi connectivity index (χ0v) is 14.2. The summed E-state index contributed by atoms with van der Waals surface area (Å²) in [6.45, 7) is -0.149. The van der Waals surface area contributed by atoms with Crippen LogP contribution < -0.4 is 13.8 Å². The first-order valence-electron chi connectivity index (χ1n) is 5.80. The van der Waals surface area contributed by atoms with Gasteiger partial charge in [0.25, 0.3) is 0 Å². The first-order valence-corrected chi connectivity index (χ1v) is 9.92. The molecule has 7 nitrogen and oxygen atoms in total. The van der Waals surface area contributed by atoms with Crippen molar-refractivity contribution in [1.29, 1.82) is 0 Å². The summed E-state index contributed by atoms with van der Waals surface area (Å²) >= 11 is 5.89. The summed E-state index contributed by atoms with van der Waals surface area (Å²) in [4.78, 5) is 0. The predicted molar refractivity (Wildman–Crippen MR) is 83.0 cm³/mol. The second-order valence-corrected chi connectivity index (χ2v) is 8.49. The van der Waals surface area contributed by atoms with Crippen molar-refractivity contribution in [3.8, 4) is 5.75 Å². The summed E-state index contributed by atoms with van der Waals surface area (Å²) in [5.74, 6) is 0.323. The molecule has 0 radical (unpaired) electrons. The van der Waals surface area contributed by atoms with E-state index in [1.165, 1.54) is 13.2 Å². The molecule has 0 aliphatic carbocycles. The number of methoxy groups -OCH3 is 1. The van der Waals surface area contributed by atoms with E-state index in [0.29, 0.717) is 10.8 Å². The monoisotopic (exact) mass is 356 g/mol. The van der Waals surface area contributed by atoms with Crippen LogP contribution in [0.2, 0.25) is 5.02 Å². The highest BCUT2D eigenvalue weighted by atomic mass is 35.5. The first-order chi connectivity index (χ1) is 9.54. The molecule has 1 N–H and O–H groups in total. The number of hydrogen-bond acceptors (Lipinski definition) is 5. The number of nitrogens with zero attached hydrogens (tertiary/aromatic N) is 1. The molecule has 1 rings (SSSR count). The molecule has 0 fully saturated rings. The summed E-state index contributed by atoms with van der Waals surface area (Å²) in [7, 11) is -5.62. The van der Waals surface area contributed by atoms with Crippen molar-refractivity contribution in [1.82, 2.24) is 4.72 Å². The number of nitrogens with one attached hydrogen (secondary N) is 1. The molecular formula is C11H17ClN2O5S2. The third kappa shape index (κ3) is 5.70. The number of halogens is 1. The highest BCUT2D eigenvalue weighted by molar-refractivity contribution is 7.92. The van der Waals surface area contributed by atoms with E-state index in [1.54, 1.807) is 12.1 Å².